The van der Waals surface area contributed by atoms with Crippen LogP contribution in [0.2, 0.25) is 0 Å². The molecule has 4 unspecified atom stereocenters. The first-order valence-electron chi connectivity index (χ1n) is 12.6. The average molecular weight is 441 g/mol. The molecule has 176 valence electrons. The van der Waals surface area contributed by atoms with Crippen LogP contribution in [0.25, 0.3) is 0 Å². The van der Waals surface area contributed by atoms with Crippen LogP contribution in [0.4, 0.5) is 0 Å². The quantitative estimate of drug-likeness (QED) is 0.368. The number of fused-ring (bicyclic) bond motifs is 5. The minimum absolute atomic E-state index is 0.196. The van der Waals surface area contributed by atoms with E-state index in [-0.39, 0.29) is 17.4 Å². The van der Waals surface area contributed by atoms with E-state index in [9.17, 15) is 9.59 Å². The highest BCUT2D eigenvalue weighted by Crippen LogP contribution is 2.67. The van der Waals surface area contributed by atoms with Crippen molar-refractivity contribution in [3.8, 4) is 0 Å². The Morgan fingerprint density at radius 1 is 1.19 bits per heavy atom. The van der Waals surface area contributed by atoms with E-state index in [0.717, 1.165) is 36.9 Å². The first-order chi connectivity index (χ1) is 15.2. The lowest BCUT2D eigenvalue weighted by Gasteiger charge is -2.57. The second kappa shape index (κ2) is 8.83. The van der Waals surface area contributed by atoms with E-state index >= 15 is 0 Å². The van der Waals surface area contributed by atoms with Gasteiger partial charge >= 0.3 is 11.9 Å². The number of hydrogen-bond acceptors (Lipinski definition) is 4. The molecule has 4 aliphatic carbocycles. The monoisotopic (exact) mass is 440 g/mol. The van der Waals surface area contributed by atoms with Crippen molar-refractivity contribution in [2.75, 3.05) is 6.61 Å². The van der Waals surface area contributed by atoms with E-state index in [2.05, 4.69) is 39.0 Å². The second-order valence-corrected chi connectivity index (χ2v) is 11.1. The Hall–Kier alpha value is -1.84. The maximum absolute atomic E-state index is 11.8. The molecule has 0 N–H and O–H groups in total. The summed E-state index contributed by atoms with van der Waals surface area (Å²) in [5.41, 5.74) is 1.93. The third kappa shape index (κ3) is 3.99. The second-order valence-electron chi connectivity index (χ2n) is 11.1. The van der Waals surface area contributed by atoms with Gasteiger partial charge in [0.2, 0.25) is 0 Å². The Morgan fingerprint density at radius 3 is 2.69 bits per heavy atom. The van der Waals surface area contributed by atoms with Crippen LogP contribution in [0.5, 0.6) is 0 Å². The Kier molecular flexibility index (Phi) is 6.44. The smallest absolute Gasteiger partial charge is 0.330 e. The molecule has 4 aliphatic rings. The van der Waals surface area contributed by atoms with E-state index in [1.807, 2.05) is 6.92 Å². The highest BCUT2D eigenvalue weighted by atomic mass is 16.5. The number of rotatable bonds is 5. The predicted octanol–water partition coefficient (Wildman–Crippen LogP) is 6.38. The molecule has 2 fully saturated rings. The fourth-order valence-corrected chi connectivity index (χ4v) is 8.02. The van der Waals surface area contributed by atoms with Gasteiger partial charge < -0.3 is 9.47 Å². The molecular formula is C28H40O4. The van der Waals surface area contributed by atoms with Gasteiger partial charge in [0.1, 0.15) is 5.76 Å². The SMILES string of the molecule is CCOC(=O)/C=C/[C@@H](C)C1CCC2C3CC=C4C=C(OC(C)=O)CC[C@]4(C)C3CC[C@@]21C. The molecule has 4 nitrogen and oxygen atoms in total. The summed E-state index contributed by atoms with van der Waals surface area (Å²) in [6.45, 7) is 11.0. The lowest BCUT2D eigenvalue weighted by molar-refractivity contribution is -0.138. The molecule has 7 atom stereocenters. The average Bonchev–Trinajstić information content (AvgIpc) is 3.09. The van der Waals surface area contributed by atoms with Gasteiger partial charge in [-0.3, -0.25) is 4.79 Å². The third-order valence-corrected chi connectivity index (χ3v) is 9.54. The molecule has 0 radical (unpaired) electrons. The molecule has 0 amide bonds. The van der Waals surface area contributed by atoms with Crippen molar-refractivity contribution in [3.05, 3.63) is 35.6 Å². The minimum Gasteiger partial charge on any atom is -0.463 e. The van der Waals surface area contributed by atoms with Crippen molar-refractivity contribution < 1.29 is 19.1 Å². The summed E-state index contributed by atoms with van der Waals surface area (Å²) in [4.78, 5) is 23.2. The Labute approximate surface area is 193 Å². The van der Waals surface area contributed by atoms with E-state index in [4.69, 9.17) is 9.47 Å². The topological polar surface area (TPSA) is 52.6 Å². The van der Waals surface area contributed by atoms with Crippen molar-refractivity contribution in [1.82, 2.24) is 0 Å². The first kappa shape index (κ1) is 23.3. The molecule has 0 aromatic heterocycles. The first-order valence-corrected chi connectivity index (χ1v) is 12.6. The standard InChI is InChI=1S/C28H40O4/c1-6-31-26(30)12-7-18(2)23-10-11-24-22-9-8-20-17-21(32-19(3)29)13-15-27(20,4)25(22)14-16-28(23,24)5/h7-8,12,17-18,22-25H,6,9-11,13-16H2,1-5H3/b12-7+/t18-,22?,23?,24?,25?,27+,28-/m1/s1. The molecule has 32 heavy (non-hydrogen) atoms. The van der Waals surface area contributed by atoms with Crippen LogP contribution in [0.15, 0.2) is 35.6 Å². The molecule has 2 saturated carbocycles. The summed E-state index contributed by atoms with van der Waals surface area (Å²) in [6.07, 6.45) is 16.5. The van der Waals surface area contributed by atoms with Crippen LogP contribution in [-0.2, 0) is 19.1 Å². The summed E-state index contributed by atoms with van der Waals surface area (Å²) >= 11 is 0. The highest BCUT2D eigenvalue weighted by Gasteiger charge is 2.58. The molecule has 4 rings (SSSR count). The van der Waals surface area contributed by atoms with Crippen LogP contribution >= 0.6 is 0 Å². The summed E-state index contributed by atoms with van der Waals surface area (Å²) in [5.74, 6) is 3.60. The molecule has 0 saturated heterocycles. The van der Waals surface area contributed by atoms with E-state index in [1.54, 1.807) is 6.08 Å². The van der Waals surface area contributed by atoms with Crippen molar-refractivity contribution >= 4 is 11.9 Å². The number of hydrogen-bond donors (Lipinski definition) is 0. The number of carbonyl (C=O) groups excluding carboxylic acids is 2. The van der Waals surface area contributed by atoms with Crippen molar-refractivity contribution in [3.63, 3.8) is 0 Å². The van der Waals surface area contributed by atoms with Gasteiger partial charge in [0.25, 0.3) is 0 Å². The van der Waals surface area contributed by atoms with Crippen molar-refractivity contribution in [2.45, 2.75) is 79.6 Å². The van der Waals surface area contributed by atoms with Crippen molar-refractivity contribution in [2.24, 2.45) is 40.4 Å². The summed E-state index contributed by atoms with van der Waals surface area (Å²) in [5, 5.41) is 0. The number of ether oxygens (including phenoxy) is 2. The van der Waals surface area contributed by atoms with Crippen LogP contribution < -0.4 is 0 Å². The fraction of sp³-hybridized carbons (Fsp3) is 0.714. The van der Waals surface area contributed by atoms with Gasteiger partial charge in [-0.25, -0.2) is 4.79 Å². The summed E-state index contributed by atoms with van der Waals surface area (Å²) in [7, 11) is 0. The molecule has 4 heteroatoms. The maximum atomic E-state index is 11.8. The van der Waals surface area contributed by atoms with E-state index in [1.165, 1.54) is 38.2 Å². The molecular weight excluding hydrogens is 400 g/mol. The number of esters is 2. The van der Waals surface area contributed by atoms with Crippen LogP contribution in [-0.4, -0.2) is 18.5 Å². The predicted molar refractivity (Wildman–Crippen MR) is 125 cm³/mol. The zero-order chi connectivity index (χ0) is 23.1. The summed E-state index contributed by atoms with van der Waals surface area (Å²) in [6, 6.07) is 0. The molecule has 0 heterocycles. The third-order valence-electron chi connectivity index (χ3n) is 9.54. The van der Waals surface area contributed by atoms with Gasteiger partial charge in [-0.15, -0.1) is 0 Å². The van der Waals surface area contributed by atoms with Gasteiger partial charge in [-0.05, 0) is 97.5 Å². The fourth-order valence-electron chi connectivity index (χ4n) is 8.02. The lowest BCUT2D eigenvalue weighted by Crippen LogP contribution is -2.49. The Balaban J connectivity index is 1.53. The highest BCUT2D eigenvalue weighted by molar-refractivity contribution is 5.81. The van der Waals surface area contributed by atoms with Crippen LogP contribution in [0.1, 0.15) is 79.6 Å². The Bertz CT molecular complexity index is 851. The van der Waals surface area contributed by atoms with E-state index < -0.39 is 0 Å². The normalized spacial score (nSPS) is 39.3. The summed E-state index contributed by atoms with van der Waals surface area (Å²) < 4.78 is 10.5. The maximum Gasteiger partial charge on any atom is 0.330 e. The zero-order valence-electron chi connectivity index (χ0n) is 20.5. The van der Waals surface area contributed by atoms with Gasteiger partial charge in [-0.1, -0.05) is 32.9 Å². The van der Waals surface area contributed by atoms with Gasteiger partial charge in [-0.2, -0.15) is 0 Å². The largest absolute Gasteiger partial charge is 0.463 e. The number of carbonyl (C=O) groups is 2. The lowest BCUT2D eigenvalue weighted by atomic mass is 9.47. The van der Waals surface area contributed by atoms with E-state index in [0.29, 0.717) is 29.8 Å². The van der Waals surface area contributed by atoms with Gasteiger partial charge in [0.15, 0.2) is 0 Å². The van der Waals surface area contributed by atoms with Gasteiger partial charge in [0.05, 0.1) is 6.61 Å². The van der Waals surface area contributed by atoms with Crippen molar-refractivity contribution in [1.29, 1.82) is 0 Å². The molecule has 0 aromatic carbocycles. The molecule has 0 spiro atoms. The zero-order valence-corrected chi connectivity index (χ0v) is 20.5. The van der Waals surface area contributed by atoms with Gasteiger partial charge in [0, 0.05) is 19.4 Å². The van der Waals surface area contributed by atoms with Crippen LogP contribution in [0, 0.1) is 40.4 Å². The van der Waals surface area contributed by atoms with Crippen LogP contribution in [0.3, 0.4) is 0 Å². The Morgan fingerprint density at radius 2 is 1.97 bits per heavy atom. The number of allylic oxidation sites excluding steroid dienone is 5. The molecule has 0 aliphatic heterocycles. The minimum atomic E-state index is -0.223. The molecule has 0 aromatic rings. The molecule has 0 bridgehead atoms.